The third kappa shape index (κ3) is 1230. The molecule has 16 heavy (non-hydrogen) atoms. The predicted molar refractivity (Wildman–Crippen MR) is 28.9 cm³/mol. The van der Waals surface area contributed by atoms with E-state index in [1.54, 1.807) is 0 Å². The van der Waals surface area contributed by atoms with Crippen molar-refractivity contribution in [3.63, 3.8) is 0 Å². The second-order valence-electron chi connectivity index (χ2n) is 1.01. The zero-order chi connectivity index (χ0) is 11.7. The van der Waals surface area contributed by atoms with Gasteiger partial charge in [0, 0.05) is 0 Å². The molecule has 0 saturated heterocycles. The van der Waals surface area contributed by atoms with Crippen LogP contribution in [0.4, 0.5) is 9.59 Å². The minimum absolute atomic E-state index is 0. The molecule has 0 heterocycles. The summed E-state index contributed by atoms with van der Waals surface area (Å²) >= 11 is 0. The molecule has 0 aromatic carbocycles. The van der Waals surface area contributed by atoms with Gasteiger partial charge in [0.25, 0.3) is 0 Å². The van der Waals surface area contributed by atoms with Gasteiger partial charge in [0.15, 0.2) is 0 Å². The summed E-state index contributed by atoms with van der Waals surface area (Å²) < 4.78 is 8.55. The van der Waals surface area contributed by atoms with E-state index in [4.69, 9.17) is 49.3 Å². The van der Waals surface area contributed by atoms with Crippen molar-refractivity contribution in [3.8, 4) is 0 Å². The fourth-order valence-electron chi connectivity index (χ4n) is 0. The molecule has 0 fully saturated rings. The van der Waals surface area contributed by atoms with Crippen LogP contribution in [-0.2, 0) is 4.57 Å². The summed E-state index contributed by atoms with van der Waals surface area (Å²) in [6.45, 7) is 0. The van der Waals surface area contributed by atoms with Gasteiger partial charge in [-0.25, -0.2) is 9.59 Å². The van der Waals surface area contributed by atoms with Gasteiger partial charge in [0.2, 0.25) is 0 Å². The van der Waals surface area contributed by atoms with E-state index in [1.807, 2.05) is 0 Å². The Balaban J connectivity index is -0.0000000216. The molecule has 10 nitrogen and oxygen atoms in total. The van der Waals surface area contributed by atoms with Gasteiger partial charge in [-0.05, 0) is 0 Å². The van der Waals surface area contributed by atoms with Gasteiger partial charge in [0.1, 0.15) is 0 Å². The van der Waals surface area contributed by atoms with E-state index in [0.717, 1.165) is 0 Å². The predicted octanol–water partition coefficient (Wildman–Crippen LogP) is -11.4. The van der Waals surface area contributed by atoms with Crippen LogP contribution in [0.3, 0.4) is 0 Å². The number of carboxylic acid groups (broad SMARTS) is 4. The molecule has 0 amide bonds. The van der Waals surface area contributed by atoms with Crippen LogP contribution in [0.15, 0.2) is 0 Å². The molecule has 0 aliphatic carbocycles. The zero-order valence-corrected chi connectivity index (χ0v) is 15.6. The molecule has 0 atom stereocenters. The summed E-state index contributed by atoms with van der Waals surface area (Å²) in [5.74, 6) is 0. The molecule has 0 aromatic rings. The number of rotatable bonds is 0. The van der Waals surface area contributed by atoms with E-state index in [0.29, 0.717) is 0 Å². The number of phosphoric acid groups is 1. The maximum Gasteiger partial charge on any atom is 1.00 e. The van der Waals surface area contributed by atoms with Gasteiger partial charge in [-0.3, -0.25) is 0 Å². The summed E-state index contributed by atoms with van der Waals surface area (Å²) in [5.41, 5.74) is 0. The van der Waals surface area contributed by atoms with E-state index in [1.165, 1.54) is 0 Å². The molecule has 0 bridgehead atoms. The first-order chi connectivity index (χ1) is 5.46. The summed E-state index contributed by atoms with van der Waals surface area (Å²) in [4.78, 5) is 42.8. The Morgan fingerprint density at radius 1 is 0.750 bits per heavy atom. The molecule has 0 aliphatic rings. The summed E-state index contributed by atoms with van der Waals surface area (Å²) in [7, 11) is -5.39. The largest absolute Gasteiger partial charge is 1.00 e. The van der Waals surface area contributed by atoms with Gasteiger partial charge >= 0.3 is 101 Å². The van der Waals surface area contributed by atoms with Crippen molar-refractivity contribution in [2.45, 2.75) is 0 Å². The molecule has 4 N–H and O–H groups in total. The molecule has 0 spiro atoms. The van der Waals surface area contributed by atoms with E-state index in [9.17, 15) is 0 Å². The first-order valence-electron chi connectivity index (χ1n) is 2.03. The van der Waals surface area contributed by atoms with Crippen LogP contribution in [0.25, 0.3) is 0 Å². The number of hydrogen-bond donors (Lipinski definition) is 4. The Bertz CT molecular complexity index is 172. The Labute approximate surface area is 156 Å². The minimum Gasteiger partial charge on any atom is -0.822 e. The third-order valence-corrected chi connectivity index (χ3v) is 0. The van der Waals surface area contributed by atoms with Crippen LogP contribution in [0.2, 0.25) is 0 Å². The van der Waals surface area contributed by atoms with Crippen molar-refractivity contribution in [3.05, 3.63) is 0 Å². The molecule has 14 heteroatoms. The molecule has 0 radical (unpaired) electrons. The van der Waals surface area contributed by atoms with Crippen molar-refractivity contribution >= 4 is 20.1 Å². The molecule has 0 aliphatic heterocycles. The van der Waals surface area contributed by atoms with E-state index >= 15 is 0 Å². The molecule has 80 valence electrons. The second-order valence-corrected chi connectivity index (χ2v) is 1.91. The summed E-state index contributed by atoms with van der Waals surface area (Å²) in [5, 5.41) is 27.9. The number of carbonyl (C=O) groups is 2. The first-order valence-corrected chi connectivity index (χ1v) is 3.49. The van der Waals surface area contributed by atoms with E-state index in [-0.39, 0.29) is 88.7 Å². The van der Waals surface area contributed by atoms with Crippen molar-refractivity contribution in [1.29, 1.82) is 0 Å². The smallest absolute Gasteiger partial charge is 0.822 e. The SMILES string of the molecule is O=C(O)O.O=C(O)O.O=P([O-])([O-])[O-].[Na+].[Na+].[Na+]. The van der Waals surface area contributed by atoms with Crippen LogP contribution < -0.4 is 103 Å². The van der Waals surface area contributed by atoms with Crippen LogP contribution in [0, 0.1) is 0 Å². The molecular formula is C2H4Na3O10P. The fraction of sp³-hybridized carbons (Fsp3) is 0. The van der Waals surface area contributed by atoms with Crippen LogP contribution in [0.5, 0.6) is 0 Å². The second kappa shape index (κ2) is 21.9. The first kappa shape index (κ1) is 36.1. The normalized spacial score (nSPS) is 6.69. The monoisotopic (exact) mass is 288 g/mol. The average molecular weight is 288 g/mol. The molecular weight excluding hydrogens is 284 g/mol. The molecule has 0 saturated carbocycles. The fourth-order valence-corrected chi connectivity index (χ4v) is 0. The standard InChI is InChI=1S/2CH2O3.3Na.H3O4P/c2*2-1(3)4;;;;1-5(2,3)4/h2*(H2,2,3,4);;;;(H3,1,2,3,4)/q;;3*+1;/p-3. The van der Waals surface area contributed by atoms with Gasteiger partial charge in [-0.2, -0.15) is 7.82 Å². The summed E-state index contributed by atoms with van der Waals surface area (Å²) in [6.07, 6.45) is -3.67. The van der Waals surface area contributed by atoms with Crippen LogP contribution in [-0.4, -0.2) is 32.7 Å². The van der Waals surface area contributed by atoms with Crippen molar-refractivity contribution in [1.82, 2.24) is 0 Å². The van der Waals surface area contributed by atoms with Gasteiger partial charge in [0.05, 0.1) is 0 Å². The van der Waals surface area contributed by atoms with Crippen molar-refractivity contribution in [2.24, 2.45) is 0 Å². The Morgan fingerprint density at radius 2 is 0.750 bits per heavy atom. The van der Waals surface area contributed by atoms with E-state index in [2.05, 4.69) is 0 Å². The maximum absolute atomic E-state index is 8.56. The topological polar surface area (TPSA) is 201 Å². The summed E-state index contributed by atoms with van der Waals surface area (Å²) in [6, 6.07) is 0. The van der Waals surface area contributed by atoms with Gasteiger partial charge in [-0.1, -0.05) is 0 Å². The quantitative estimate of drug-likeness (QED) is 0.245. The number of hydrogen-bond acceptors (Lipinski definition) is 6. The van der Waals surface area contributed by atoms with Gasteiger partial charge < -0.3 is 39.7 Å². The van der Waals surface area contributed by atoms with Crippen molar-refractivity contribution < 1.29 is 138 Å². The van der Waals surface area contributed by atoms with Crippen LogP contribution in [0.1, 0.15) is 0 Å². The Kier molecular flexibility index (Phi) is 49.3. The minimum atomic E-state index is -5.39. The van der Waals surface area contributed by atoms with Gasteiger partial charge in [-0.15, -0.1) is 0 Å². The average Bonchev–Trinajstić information content (AvgIpc) is 1.50. The van der Waals surface area contributed by atoms with Crippen LogP contribution >= 0.6 is 7.82 Å². The van der Waals surface area contributed by atoms with E-state index < -0.39 is 20.1 Å². The molecule has 0 aromatic heterocycles. The zero-order valence-electron chi connectivity index (χ0n) is 8.69. The maximum atomic E-state index is 8.56. The third-order valence-electron chi connectivity index (χ3n) is 0. The van der Waals surface area contributed by atoms with Crippen molar-refractivity contribution in [2.75, 3.05) is 0 Å². The molecule has 0 unspecified atom stereocenters. The Hall–Kier alpha value is 1.65. The Morgan fingerprint density at radius 3 is 0.750 bits per heavy atom. The molecule has 0 rings (SSSR count).